The van der Waals surface area contributed by atoms with E-state index in [1.54, 1.807) is 0 Å². The molecule has 0 aliphatic carbocycles. The molecule has 0 bridgehead atoms. The summed E-state index contributed by atoms with van der Waals surface area (Å²) in [7, 11) is 0. The Balaban J connectivity index is 0.000000980. The van der Waals surface area contributed by atoms with Crippen molar-refractivity contribution in [2.45, 2.75) is 44.6 Å². The molecule has 1 spiro atoms. The van der Waals surface area contributed by atoms with E-state index in [2.05, 4.69) is 6.92 Å². The fraction of sp³-hybridized carbons (Fsp3) is 0.900. The Labute approximate surface area is 97.1 Å². The molecule has 1 atom stereocenters. The summed E-state index contributed by atoms with van der Waals surface area (Å²) in [4.78, 5) is 0. The van der Waals surface area contributed by atoms with E-state index in [9.17, 15) is 0 Å². The van der Waals surface area contributed by atoms with E-state index in [1.807, 2.05) is 5.01 Å². The zero-order valence-electron chi connectivity index (χ0n) is 8.79. The van der Waals surface area contributed by atoms with Gasteiger partial charge in [0.25, 0.3) is 0 Å². The van der Waals surface area contributed by atoms with Crippen LogP contribution < -0.4 is 5.84 Å². The average Bonchev–Trinajstić information content (AvgIpc) is 2.02. The fourth-order valence-corrected chi connectivity index (χ4v) is 2.55. The van der Waals surface area contributed by atoms with Crippen LogP contribution in [0.2, 0.25) is 0 Å². The molecule has 2 aliphatic rings. The molecule has 82 valence electrons. The summed E-state index contributed by atoms with van der Waals surface area (Å²) < 4.78 is 5.98. The molecule has 0 radical (unpaired) electrons. The van der Waals surface area contributed by atoms with Crippen LogP contribution in [0.4, 0.5) is 0 Å². The van der Waals surface area contributed by atoms with Gasteiger partial charge in [-0.3, -0.25) is 5.84 Å². The molecular weight excluding hydrogens is 216 g/mol. The van der Waals surface area contributed by atoms with E-state index in [0.29, 0.717) is 0 Å². The van der Waals surface area contributed by atoms with Crippen molar-refractivity contribution in [2.75, 3.05) is 13.1 Å². The SMILES string of the molecule is C[C-]1CCCC2(CCCN(N)C2)O1.[Cr]. The average molecular weight is 235 g/mol. The third-order valence-electron chi connectivity index (χ3n) is 3.12. The molecule has 0 amide bonds. The number of nitrogens with zero attached hydrogens (tertiary/aromatic N) is 1. The maximum atomic E-state index is 5.98. The number of piperidine rings is 1. The van der Waals surface area contributed by atoms with Crippen LogP contribution in [0.1, 0.15) is 39.0 Å². The molecular formula is C10H19CrN2O-. The molecule has 2 N–H and O–H groups in total. The first-order valence-corrected chi connectivity index (χ1v) is 5.21. The van der Waals surface area contributed by atoms with Gasteiger partial charge in [0, 0.05) is 36.1 Å². The fourth-order valence-electron chi connectivity index (χ4n) is 2.55. The van der Waals surface area contributed by atoms with Gasteiger partial charge in [-0.2, -0.15) is 19.4 Å². The molecule has 14 heavy (non-hydrogen) atoms. The van der Waals surface area contributed by atoms with Gasteiger partial charge in [0.05, 0.1) is 0 Å². The second kappa shape index (κ2) is 4.96. The van der Waals surface area contributed by atoms with Crippen molar-refractivity contribution in [3.8, 4) is 0 Å². The van der Waals surface area contributed by atoms with Gasteiger partial charge in [0.15, 0.2) is 0 Å². The van der Waals surface area contributed by atoms with Crippen molar-refractivity contribution in [3.05, 3.63) is 6.10 Å². The van der Waals surface area contributed by atoms with Crippen molar-refractivity contribution in [2.24, 2.45) is 5.84 Å². The zero-order valence-corrected chi connectivity index (χ0v) is 10.1. The van der Waals surface area contributed by atoms with E-state index in [0.717, 1.165) is 19.5 Å². The molecule has 0 aromatic heterocycles. The smallest absolute Gasteiger partial charge is 0.0493 e. The van der Waals surface area contributed by atoms with Gasteiger partial charge in [-0.15, -0.1) is 0 Å². The minimum absolute atomic E-state index is 0. The van der Waals surface area contributed by atoms with Crippen LogP contribution in [0.25, 0.3) is 0 Å². The number of ether oxygens (including phenoxy) is 1. The molecule has 2 fully saturated rings. The Morgan fingerprint density at radius 1 is 1.36 bits per heavy atom. The molecule has 2 rings (SSSR count). The first-order chi connectivity index (χ1) is 6.20. The molecule has 0 aromatic carbocycles. The monoisotopic (exact) mass is 235 g/mol. The summed E-state index contributed by atoms with van der Waals surface area (Å²) >= 11 is 0. The summed E-state index contributed by atoms with van der Waals surface area (Å²) in [5.41, 5.74) is 0.0648. The van der Waals surface area contributed by atoms with Crippen LogP contribution >= 0.6 is 0 Å². The number of rotatable bonds is 0. The summed E-state index contributed by atoms with van der Waals surface area (Å²) in [6.07, 6.45) is 7.12. The zero-order chi connectivity index (χ0) is 9.31. The largest absolute Gasteiger partial charge is 0.544 e. The topological polar surface area (TPSA) is 38.5 Å². The van der Waals surface area contributed by atoms with E-state index in [1.165, 1.54) is 31.8 Å². The minimum atomic E-state index is 0. The molecule has 3 nitrogen and oxygen atoms in total. The van der Waals surface area contributed by atoms with E-state index >= 15 is 0 Å². The number of hydrogen-bond donors (Lipinski definition) is 1. The number of hydrogen-bond acceptors (Lipinski definition) is 3. The number of hydrazine groups is 1. The van der Waals surface area contributed by atoms with Crippen molar-refractivity contribution < 1.29 is 22.1 Å². The molecule has 4 heteroatoms. The van der Waals surface area contributed by atoms with Crippen LogP contribution in [0.15, 0.2) is 0 Å². The summed E-state index contributed by atoms with van der Waals surface area (Å²) in [5, 5.41) is 1.90. The second-order valence-electron chi connectivity index (χ2n) is 4.41. The molecule has 2 aliphatic heterocycles. The molecule has 0 saturated carbocycles. The van der Waals surface area contributed by atoms with Crippen molar-refractivity contribution in [3.63, 3.8) is 0 Å². The Bertz CT molecular complexity index is 169. The molecule has 2 heterocycles. The Morgan fingerprint density at radius 2 is 2.07 bits per heavy atom. The van der Waals surface area contributed by atoms with Gasteiger partial charge in [0.2, 0.25) is 0 Å². The van der Waals surface area contributed by atoms with Crippen molar-refractivity contribution >= 4 is 0 Å². The third-order valence-corrected chi connectivity index (χ3v) is 3.12. The van der Waals surface area contributed by atoms with Gasteiger partial charge in [-0.05, 0) is 19.3 Å². The van der Waals surface area contributed by atoms with Gasteiger partial charge >= 0.3 is 0 Å². The number of nitrogens with two attached hydrogens (primary N) is 1. The summed E-state index contributed by atoms with van der Waals surface area (Å²) in [6, 6.07) is 0. The molecule has 1 unspecified atom stereocenters. The standard InChI is InChI=1S/C10H19N2O.Cr/c1-9-4-2-5-10(13-9)6-3-7-12(11)8-10;/h2-8,11H2,1H3;/q-1;. The van der Waals surface area contributed by atoms with Crippen LogP contribution in [0.5, 0.6) is 0 Å². The van der Waals surface area contributed by atoms with Gasteiger partial charge in [-0.25, -0.2) is 5.01 Å². The second-order valence-corrected chi connectivity index (χ2v) is 4.41. The molecule has 0 aromatic rings. The third kappa shape index (κ3) is 2.71. The predicted molar refractivity (Wildman–Crippen MR) is 51.6 cm³/mol. The summed E-state index contributed by atoms with van der Waals surface area (Å²) in [5.74, 6) is 5.83. The predicted octanol–water partition coefficient (Wildman–Crippen LogP) is 1.44. The summed E-state index contributed by atoms with van der Waals surface area (Å²) in [6.45, 7) is 4.02. The van der Waals surface area contributed by atoms with Crippen LogP contribution in [0, 0.1) is 6.10 Å². The first kappa shape index (κ1) is 12.5. The first-order valence-electron chi connectivity index (χ1n) is 5.21. The molecule has 2 saturated heterocycles. The van der Waals surface area contributed by atoms with Gasteiger partial charge in [0.1, 0.15) is 0 Å². The normalized spacial score (nSPS) is 35.6. The van der Waals surface area contributed by atoms with Crippen LogP contribution in [-0.4, -0.2) is 23.7 Å². The quantitative estimate of drug-likeness (QED) is 0.510. The van der Waals surface area contributed by atoms with E-state index in [-0.39, 0.29) is 23.0 Å². The van der Waals surface area contributed by atoms with Crippen molar-refractivity contribution in [1.82, 2.24) is 5.01 Å². The van der Waals surface area contributed by atoms with E-state index < -0.39 is 0 Å². The maximum absolute atomic E-state index is 5.98. The van der Waals surface area contributed by atoms with Crippen LogP contribution in [0.3, 0.4) is 0 Å². The van der Waals surface area contributed by atoms with Gasteiger partial charge < -0.3 is 4.74 Å². The Morgan fingerprint density at radius 3 is 2.71 bits per heavy atom. The van der Waals surface area contributed by atoms with Gasteiger partial charge in [-0.1, -0.05) is 6.42 Å². The van der Waals surface area contributed by atoms with Crippen LogP contribution in [-0.2, 0) is 22.1 Å². The maximum Gasteiger partial charge on any atom is 0.0493 e. The van der Waals surface area contributed by atoms with E-state index in [4.69, 9.17) is 10.6 Å². The Kier molecular flexibility index (Phi) is 4.42. The Hall–Kier alpha value is 0.412. The van der Waals surface area contributed by atoms with Crippen molar-refractivity contribution in [1.29, 1.82) is 0 Å². The minimum Gasteiger partial charge on any atom is -0.544 e.